The highest BCUT2D eigenvalue weighted by Gasteiger charge is 2.34. The third-order valence-corrected chi connectivity index (χ3v) is 3.84. The van der Waals surface area contributed by atoms with Gasteiger partial charge >= 0.3 is 0 Å². The lowest BCUT2D eigenvalue weighted by Crippen LogP contribution is -2.33. The maximum absolute atomic E-state index is 12.0. The first kappa shape index (κ1) is 14.6. The zero-order valence-electron chi connectivity index (χ0n) is 11.5. The van der Waals surface area contributed by atoms with Crippen LogP contribution in [0.1, 0.15) is 5.56 Å². The average Bonchev–Trinajstić information content (AvgIpc) is 2.67. The average molecular weight is 291 g/mol. The molecule has 6 heteroatoms. The van der Waals surface area contributed by atoms with E-state index in [0.29, 0.717) is 4.91 Å². The molecule has 1 heterocycles. The maximum Gasteiger partial charge on any atom is 0.293 e. The molecule has 5 nitrogen and oxygen atoms in total. The Morgan fingerprint density at radius 2 is 1.90 bits per heavy atom. The van der Waals surface area contributed by atoms with Crippen LogP contribution in [0.25, 0.3) is 6.08 Å². The molecule has 1 saturated heterocycles. The van der Waals surface area contributed by atoms with Crippen LogP contribution in [-0.2, 0) is 4.79 Å². The molecule has 106 valence electrons. The summed E-state index contributed by atoms with van der Waals surface area (Å²) in [7, 11) is 3.93. The number of hydrogen-bond acceptors (Lipinski definition) is 5. The van der Waals surface area contributed by atoms with Crippen LogP contribution in [0.2, 0.25) is 0 Å². The Hall–Kier alpha value is -1.79. The quantitative estimate of drug-likeness (QED) is 0.856. The van der Waals surface area contributed by atoms with E-state index in [0.717, 1.165) is 23.0 Å². The summed E-state index contributed by atoms with van der Waals surface area (Å²) in [5, 5.41) is -0.253. The first-order chi connectivity index (χ1) is 9.52. The van der Waals surface area contributed by atoms with Crippen LogP contribution in [0.4, 0.5) is 10.5 Å². The summed E-state index contributed by atoms with van der Waals surface area (Å²) in [6, 6.07) is 7.78. The Balaban J connectivity index is 2.19. The number of thioether (sulfide) groups is 1. The lowest BCUT2D eigenvalue weighted by atomic mass is 10.2. The van der Waals surface area contributed by atoms with Gasteiger partial charge < -0.3 is 10.6 Å². The van der Waals surface area contributed by atoms with Gasteiger partial charge in [-0.2, -0.15) is 0 Å². The molecule has 1 aliphatic rings. The van der Waals surface area contributed by atoms with E-state index in [1.165, 1.54) is 4.90 Å². The molecule has 1 aliphatic heterocycles. The van der Waals surface area contributed by atoms with Crippen LogP contribution in [0, 0.1) is 0 Å². The fraction of sp³-hybridized carbons (Fsp3) is 0.286. The van der Waals surface area contributed by atoms with Crippen LogP contribution >= 0.6 is 11.8 Å². The van der Waals surface area contributed by atoms with Gasteiger partial charge in [0.15, 0.2) is 0 Å². The molecule has 0 atom stereocenters. The highest BCUT2D eigenvalue weighted by molar-refractivity contribution is 8.18. The van der Waals surface area contributed by atoms with Gasteiger partial charge in [0, 0.05) is 32.9 Å². The number of nitrogens with two attached hydrogens (primary N) is 1. The van der Waals surface area contributed by atoms with Gasteiger partial charge in [-0.05, 0) is 35.5 Å². The number of anilines is 1. The standard InChI is InChI=1S/C14H17N3O2S/c1-16(2)11-5-3-10(4-6-11)9-12-13(18)17(8-7-15)14(19)20-12/h3-6,9H,7-8,15H2,1-2H3/b12-9-. The van der Waals surface area contributed by atoms with E-state index in [-0.39, 0.29) is 24.2 Å². The minimum absolute atomic E-state index is 0.253. The smallest absolute Gasteiger partial charge is 0.293 e. The molecule has 0 bridgehead atoms. The Morgan fingerprint density at radius 3 is 2.45 bits per heavy atom. The van der Waals surface area contributed by atoms with Gasteiger partial charge in [-0.15, -0.1) is 0 Å². The second-order valence-corrected chi connectivity index (χ2v) is 5.60. The summed E-state index contributed by atoms with van der Waals surface area (Å²) in [5.41, 5.74) is 7.38. The lowest BCUT2D eigenvalue weighted by Gasteiger charge is -2.12. The molecule has 2 amide bonds. The van der Waals surface area contributed by atoms with Gasteiger partial charge in [0.1, 0.15) is 0 Å². The molecular formula is C14H17N3O2S. The summed E-state index contributed by atoms with van der Waals surface area (Å²) < 4.78 is 0. The van der Waals surface area contributed by atoms with Gasteiger partial charge in [0.25, 0.3) is 11.1 Å². The van der Waals surface area contributed by atoms with Gasteiger partial charge in [-0.3, -0.25) is 14.5 Å². The number of imide groups is 1. The Kier molecular flexibility index (Phi) is 4.46. The van der Waals surface area contributed by atoms with E-state index in [1.807, 2.05) is 43.3 Å². The molecule has 0 radical (unpaired) electrons. The molecule has 1 fully saturated rings. The van der Waals surface area contributed by atoms with Gasteiger partial charge in [-0.1, -0.05) is 12.1 Å². The Labute approximate surface area is 122 Å². The summed E-state index contributed by atoms with van der Waals surface area (Å²) in [4.78, 5) is 27.4. The summed E-state index contributed by atoms with van der Waals surface area (Å²) in [6.45, 7) is 0.546. The van der Waals surface area contributed by atoms with Crippen molar-refractivity contribution < 1.29 is 9.59 Å². The van der Waals surface area contributed by atoms with Crippen LogP contribution in [-0.4, -0.2) is 43.2 Å². The second-order valence-electron chi connectivity index (χ2n) is 4.61. The van der Waals surface area contributed by atoms with Crippen molar-refractivity contribution in [3.63, 3.8) is 0 Å². The van der Waals surface area contributed by atoms with E-state index in [1.54, 1.807) is 6.08 Å². The molecule has 0 spiro atoms. The molecule has 0 aromatic heterocycles. The van der Waals surface area contributed by atoms with Crippen molar-refractivity contribution >= 4 is 34.7 Å². The van der Waals surface area contributed by atoms with Crippen molar-refractivity contribution in [1.29, 1.82) is 0 Å². The van der Waals surface area contributed by atoms with E-state index in [4.69, 9.17) is 5.73 Å². The molecule has 2 rings (SSSR count). The normalized spacial score (nSPS) is 17.1. The zero-order valence-corrected chi connectivity index (χ0v) is 12.3. The molecule has 0 saturated carbocycles. The zero-order chi connectivity index (χ0) is 14.7. The number of nitrogens with zero attached hydrogens (tertiary/aromatic N) is 2. The van der Waals surface area contributed by atoms with Crippen molar-refractivity contribution in [2.24, 2.45) is 5.73 Å². The predicted molar refractivity (Wildman–Crippen MR) is 82.5 cm³/mol. The molecule has 2 N–H and O–H groups in total. The van der Waals surface area contributed by atoms with Crippen LogP contribution in [0.3, 0.4) is 0 Å². The first-order valence-electron chi connectivity index (χ1n) is 6.25. The molecule has 1 aromatic carbocycles. The number of carbonyl (C=O) groups excluding carboxylic acids is 2. The number of benzene rings is 1. The summed E-state index contributed by atoms with van der Waals surface area (Å²) in [5.74, 6) is -0.262. The van der Waals surface area contributed by atoms with Gasteiger partial charge in [0.2, 0.25) is 0 Å². The molecule has 0 unspecified atom stereocenters. The van der Waals surface area contributed by atoms with Crippen molar-refractivity contribution in [3.05, 3.63) is 34.7 Å². The Morgan fingerprint density at radius 1 is 1.25 bits per heavy atom. The third-order valence-electron chi connectivity index (χ3n) is 2.93. The fourth-order valence-electron chi connectivity index (χ4n) is 1.84. The summed E-state index contributed by atoms with van der Waals surface area (Å²) >= 11 is 0.960. The predicted octanol–water partition coefficient (Wildman–Crippen LogP) is 1.75. The molecule has 20 heavy (non-hydrogen) atoms. The Bertz CT molecular complexity index is 552. The fourth-order valence-corrected chi connectivity index (χ4v) is 2.71. The molecule has 0 aliphatic carbocycles. The van der Waals surface area contributed by atoms with Gasteiger partial charge in [-0.25, -0.2) is 0 Å². The van der Waals surface area contributed by atoms with Crippen molar-refractivity contribution in [2.75, 3.05) is 32.1 Å². The van der Waals surface area contributed by atoms with Crippen LogP contribution in [0.5, 0.6) is 0 Å². The van der Waals surface area contributed by atoms with Crippen LogP contribution < -0.4 is 10.6 Å². The first-order valence-corrected chi connectivity index (χ1v) is 7.07. The second kappa shape index (κ2) is 6.11. The lowest BCUT2D eigenvalue weighted by molar-refractivity contribution is -0.122. The molecule has 1 aromatic rings. The van der Waals surface area contributed by atoms with Crippen molar-refractivity contribution in [3.8, 4) is 0 Å². The monoisotopic (exact) mass is 291 g/mol. The number of hydrogen-bond donors (Lipinski definition) is 1. The van der Waals surface area contributed by atoms with Gasteiger partial charge in [0.05, 0.1) is 4.91 Å². The van der Waals surface area contributed by atoms with E-state index >= 15 is 0 Å². The number of amides is 2. The number of rotatable bonds is 4. The summed E-state index contributed by atoms with van der Waals surface area (Å²) in [6.07, 6.45) is 1.74. The molecular weight excluding hydrogens is 274 g/mol. The largest absolute Gasteiger partial charge is 0.378 e. The van der Waals surface area contributed by atoms with E-state index in [2.05, 4.69) is 0 Å². The SMILES string of the molecule is CN(C)c1ccc(/C=C2\SC(=O)N(CCN)C2=O)cc1. The van der Waals surface area contributed by atoms with Crippen molar-refractivity contribution in [2.45, 2.75) is 0 Å². The van der Waals surface area contributed by atoms with Crippen molar-refractivity contribution in [1.82, 2.24) is 4.90 Å². The highest BCUT2D eigenvalue weighted by Crippen LogP contribution is 2.32. The third kappa shape index (κ3) is 3.02. The maximum atomic E-state index is 12.0. The number of carbonyl (C=O) groups is 2. The minimum atomic E-state index is -0.262. The van der Waals surface area contributed by atoms with E-state index in [9.17, 15) is 9.59 Å². The minimum Gasteiger partial charge on any atom is -0.378 e. The van der Waals surface area contributed by atoms with E-state index < -0.39 is 0 Å². The van der Waals surface area contributed by atoms with Crippen LogP contribution in [0.15, 0.2) is 29.2 Å². The highest BCUT2D eigenvalue weighted by atomic mass is 32.2. The topological polar surface area (TPSA) is 66.6 Å².